The summed E-state index contributed by atoms with van der Waals surface area (Å²) in [6, 6.07) is 8.21. The van der Waals surface area contributed by atoms with Crippen molar-refractivity contribution in [3.05, 3.63) is 35.4 Å². The summed E-state index contributed by atoms with van der Waals surface area (Å²) >= 11 is 0. The van der Waals surface area contributed by atoms with Crippen LogP contribution in [0.25, 0.3) is 0 Å². The monoisotopic (exact) mass is 287 g/mol. The molecule has 1 unspecified atom stereocenters. The summed E-state index contributed by atoms with van der Waals surface area (Å²) < 4.78 is 4.81. The van der Waals surface area contributed by atoms with Crippen LogP contribution < -0.4 is 0 Å². The zero-order valence-corrected chi connectivity index (χ0v) is 12.7. The number of esters is 1. The lowest BCUT2D eigenvalue weighted by Crippen LogP contribution is -2.44. The fourth-order valence-corrected chi connectivity index (χ4v) is 3.14. The molecule has 5 heteroatoms. The molecule has 1 saturated carbocycles. The summed E-state index contributed by atoms with van der Waals surface area (Å²) in [4.78, 5) is 14.1. The van der Waals surface area contributed by atoms with E-state index in [1.54, 1.807) is 6.07 Å². The lowest BCUT2D eigenvalue weighted by Gasteiger charge is -2.41. The van der Waals surface area contributed by atoms with Gasteiger partial charge in [0.05, 0.1) is 12.7 Å². The van der Waals surface area contributed by atoms with Gasteiger partial charge in [-0.25, -0.2) is 4.79 Å². The van der Waals surface area contributed by atoms with Gasteiger partial charge in [-0.1, -0.05) is 12.1 Å². The zero-order valence-electron chi connectivity index (χ0n) is 12.7. The van der Waals surface area contributed by atoms with E-state index in [0.29, 0.717) is 11.6 Å². The van der Waals surface area contributed by atoms with Crippen LogP contribution in [-0.2, 0) is 4.74 Å². The molecule has 0 amide bonds. The van der Waals surface area contributed by atoms with Crippen LogP contribution in [0.1, 0.15) is 48.3 Å². The van der Waals surface area contributed by atoms with E-state index in [1.807, 2.05) is 30.3 Å². The number of methoxy groups -OCH3 is 1. The van der Waals surface area contributed by atoms with Gasteiger partial charge in [0, 0.05) is 13.1 Å². The molecule has 5 nitrogen and oxygen atoms in total. The Kier molecular flexibility index (Phi) is 3.57. The van der Waals surface area contributed by atoms with Gasteiger partial charge >= 0.3 is 5.97 Å². The first-order valence-electron chi connectivity index (χ1n) is 7.36. The summed E-state index contributed by atoms with van der Waals surface area (Å²) in [7, 11) is 3.39. The third-order valence-electron chi connectivity index (χ3n) is 4.37. The van der Waals surface area contributed by atoms with Crippen molar-refractivity contribution in [1.29, 1.82) is 0 Å². The number of hydrazone groups is 1. The second-order valence-corrected chi connectivity index (χ2v) is 5.70. The quantitative estimate of drug-likeness (QED) is 0.802. The van der Waals surface area contributed by atoms with Gasteiger partial charge in [-0.3, -0.25) is 5.01 Å². The van der Waals surface area contributed by atoms with Crippen LogP contribution >= 0.6 is 0 Å². The van der Waals surface area contributed by atoms with E-state index in [4.69, 9.17) is 4.74 Å². The van der Waals surface area contributed by atoms with E-state index in [-0.39, 0.29) is 12.1 Å². The highest BCUT2D eigenvalue weighted by atomic mass is 16.5. The molecule has 0 radical (unpaired) electrons. The largest absolute Gasteiger partial charge is 0.465 e. The molecule has 1 aliphatic carbocycles. The Bertz CT molecular complexity index is 581. The fraction of sp³-hybridized carbons (Fsp3) is 0.500. The normalized spacial score (nSPS) is 22.0. The maximum Gasteiger partial charge on any atom is 0.337 e. The van der Waals surface area contributed by atoms with Crippen LogP contribution in [0, 0.1) is 0 Å². The van der Waals surface area contributed by atoms with Crippen molar-refractivity contribution in [1.82, 2.24) is 9.91 Å². The van der Waals surface area contributed by atoms with E-state index in [9.17, 15) is 4.79 Å². The minimum Gasteiger partial charge on any atom is -0.465 e. The first-order valence-corrected chi connectivity index (χ1v) is 7.36. The van der Waals surface area contributed by atoms with Gasteiger partial charge in [-0.05, 0) is 43.9 Å². The molecule has 1 atom stereocenters. The average Bonchev–Trinajstić information content (AvgIpc) is 2.71. The zero-order chi connectivity index (χ0) is 15.0. The second kappa shape index (κ2) is 5.39. The summed E-state index contributed by atoms with van der Waals surface area (Å²) in [5.41, 5.74) is 1.66. The van der Waals surface area contributed by atoms with Gasteiger partial charge in [0.25, 0.3) is 0 Å². The van der Waals surface area contributed by atoms with Crippen molar-refractivity contribution >= 4 is 11.8 Å². The van der Waals surface area contributed by atoms with Crippen LogP contribution in [-0.4, -0.2) is 41.9 Å². The summed E-state index contributed by atoms with van der Waals surface area (Å²) in [6.07, 6.45) is 3.79. The molecule has 3 rings (SSSR count). The minimum atomic E-state index is -0.301. The maximum absolute atomic E-state index is 11.7. The lowest BCUT2D eigenvalue weighted by molar-refractivity contribution is 0.0599. The third-order valence-corrected chi connectivity index (χ3v) is 4.37. The molecular weight excluding hydrogens is 266 g/mol. The number of carbonyl (C=O) groups is 1. The molecule has 1 aliphatic heterocycles. The Morgan fingerprint density at radius 2 is 2.14 bits per heavy atom. The Balaban J connectivity index is 1.92. The first-order chi connectivity index (χ1) is 10.1. The highest BCUT2D eigenvalue weighted by Crippen LogP contribution is 2.37. The van der Waals surface area contributed by atoms with Crippen LogP contribution in [0.3, 0.4) is 0 Å². The van der Waals surface area contributed by atoms with Crippen LogP contribution in [0.4, 0.5) is 0 Å². The van der Waals surface area contributed by atoms with E-state index in [1.165, 1.54) is 26.4 Å². The van der Waals surface area contributed by atoms with Crippen LogP contribution in [0.2, 0.25) is 0 Å². The van der Waals surface area contributed by atoms with Gasteiger partial charge < -0.3 is 9.64 Å². The van der Waals surface area contributed by atoms with E-state index < -0.39 is 0 Å². The predicted molar refractivity (Wildman–Crippen MR) is 80.9 cm³/mol. The topological polar surface area (TPSA) is 45.1 Å². The molecule has 112 valence electrons. The molecule has 0 saturated heterocycles. The predicted octanol–water partition coefficient (Wildman–Crippen LogP) is 2.61. The summed E-state index contributed by atoms with van der Waals surface area (Å²) in [5, 5.41) is 6.56. The standard InChI is InChI=1S/C16H21N3O2/c1-11-17-18(2)15(19(11)14-8-5-9-14)12-6-4-7-13(10-12)16(20)21-3/h4,6-7,10,14-15H,5,8-9H2,1-3H3. The smallest absolute Gasteiger partial charge is 0.337 e. The second-order valence-electron chi connectivity index (χ2n) is 5.70. The SMILES string of the molecule is COC(=O)c1cccc(C2N(C)N=C(C)N2C2CCC2)c1. The summed E-state index contributed by atoms with van der Waals surface area (Å²) in [6.45, 7) is 2.05. The van der Waals surface area contributed by atoms with Gasteiger partial charge in [0.1, 0.15) is 12.0 Å². The minimum absolute atomic E-state index is 0.0694. The number of amidine groups is 1. The van der Waals surface area contributed by atoms with Gasteiger partial charge in [0.15, 0.2) is 0 Å². The molecule has 1 fully saturated rings. The van der Waals surface area contributed by atoms with Gasteiger partial charge in [-0.2, -0.15) is 5.10 Å². The lowest BCUT2D eigenvalue weighted by atomic mass is 9.90. The fourth-order valence-electron chi connectivity index (χ4n) is 3.14. The highest BCUT2D eigenvalue weighted by molar-refractivity contribution is 5.89. The van der Waals surface area contributed by atoms with E-state index >= 15 is 0 Å². The molecule has 0 spiro atoms. The van der Waals surface area contributed by atoms with Crippen molar-refractivity contribution in [3.63, 3.8) is 0 Å². The molecular formula is C16H21N3O2. The van der Waals surface area contributed by atoms with Crippen molar-refractivity contribution in [2.75, 3.05) is 14.2 Å². The Morgan fingerprint density at radius 3 is 2.76 bits per heavy atom. The molecule has 0 bridgehead atoms. The van der Waals surface area contributed by atoms with Gasteiger partial charge in [-0.15, -0.1) is 0 Å². The number of hydrogen-bond donors (Lipinski definition) is 0. The van der Waals surface area contributed by atoms with E-state index in [0.717, 1.165) is 11.4 Å². The number of rotatable bonds is 3. The van der Waals surface area contributed by atoms with Crippen molar-refractivity contribution in [2.45, 2.75) is 38.4 Å². The first kappa shape index (κ1) is 13.9. The average molecular weight is 287 g/mol. The van der Waals surface area contributed by atoms with Crippen molar-refractivity contribution in [3.8, 4) is 0 Å². The highest BCUT2D eigenvalue weighted by Gasteiger charge is 2.38. The number of ether oxygens (including phenoxy) is 1. The molecule has 1 aromatic rings. The molecule has 0 N–H and O–H groups in total. The Morgan fingerprint density at radius 1 is 1.38 bits per heavy atom. The molecule has 2 aliphatic rings. The van der Waals surface area contributed by atoms with Crippen LogP contribution in [0.5, 0.6) is 0 Å². The number of carbonyl (C=O) groups excluding carboxylic acids is 1. The molecule has 1 aromatic carbocycles. The number of nitrogens with zero attached hydrogens (tertiary/aromatic N) is 3. The Hall–Kier alpha value is -2.04. The van der Waals surface area contributed by atoms with E-state index in [2.05, 4.69) is 16.9 Å². The Labute approximate surface area is 125 Å². The van der Waals surface area contributed by atoms with Crippen molar-refractivity contribution < 1.29 is 9.53 Å². The van der Waals surface area contributed by atoms with Crippen molar-refractivity contribution in [2.24, 2.45) is 5.10 Å². The molecule has 0 aromatic heterocycles. The summed E-state index contributed by atoms with van der Waals surface area (Å²) in [5.74, 6) is 0.751. The van der Waals surface area contributed by atoms with Gasteiger partial charge in [0.2, 0.25) is 0 Å². The van der Waals surface area contributed by atoms with Crippen LogP contribution in [0.15, 0.2) is 29.4 Å². The number of hydrogen-bond acceptors (Lipinski definition) is 5. The third kappa shape index (κ3) is 2.37. The molecule has 21 heavy (non-hydrogen) atoms. The maximum atomic E-state index is 11.7. The number of benzene rings is 1. The molecule has 1 heterocycles.